The van der Waals surface area contributed by atoms with Crippen molar-refractivity contribution in [3.05, 3.63) is 63.3 Å². The molecular formula is C14H14ClN3O2. The average Bonchev–Trinajstić information content (AvgIpc) is 2.45. The lowest BCUT2D eigenvalue weighted by Crippen LogP contribution is -2.11. The number of hydrogen-bond donors (Lipinski definition) is 1. The molecule has 1 unspecified atom stereocenters. The predicted octanol–water partition coefficient (Wildman–Crippen LogP) is 3.86. The molecule has 0 radical (unpaired) electrons. The number of aromatic nitrogens is 1. The van der Waals surface area contributed by atoms with E-state index < -0.39 is 4.92 Å². The van der Waals surface area contributed by atoms with E-state index in [0.29, 0.717) is 12.4 Å². The maximum atomic E-state index is 10.8. The van der Waals surface area contributed by atoms with E-state index >= 15 is 0 Å². The van der Waals surface area contributed by atoms with Gasteiger partial charge in [0.2, 0.25) is 0 Å². The molecule has 0 saturated heterocycles. The third-order valence-electron chi connectivity index (χ3n) is 2.95. The third-order valence-corrected chi connectivity index (χ3v) is 3.14. The highest BCUT2D eigenvalue weighted by Crippen LogP contribution is 2.21. The summed E-state index contributed by atoms with van der Waals surface area (Å²) < 4.78 is 0. The first kappa shape index (κ1) is 14.3. The number of halogens is 1. The van der Waals surface area contributed by atoms with Gasteiger partial charge >= 0.3 is 0 Å². The Labute approximate surface area is 121 Å². The third kappa shape index (κ3) is 3.68. The first-order valence-electron chi connectivity index (χ1n) is 6.17. The molecule has 1 N–H and O–H groups in total. The first-order valence-corrected chi connectivity index (χ1v) is 6.55. The SMILES string of the molecule is CC(CNc1cc([N+](=O)[O-])cc(Cl)n1)c1ccccc1. The molecule has 0 fully saturated rings. The van der Waals surface area contributed by atoms with Crippen molar-refractivity contribution in [2.45, 2.75) is 12.8 Å². The van der Waals surface area contributed by atoms with E-state index in [1.54, 1.807) is 0 Å². The lowest BCUT2D eigenvalue weighted by molar-refractivity contribution is -0.384. The Bertz CT molecular complexity index is 605. The van der Waals surface area contributed by atoms with Gasteiger partial charge < -0.3 is 5.32 Å². The van der Waals surface area contributed by atoms with Crippen molar-refractivity contribution in [1.29, 1.82) is 0 Å². The summed E-state index contributed by atoms with van der Waals surface area (Å²) >= 11 is 5.77. The van der Waals surface area contributed by atoms with Gasteiger partial charge in [0.1, 0.15) is 11.0 Å². The number of rotatable bonds is 5. The van der Waals surface area contributed by atoms with Crippen molar-refractivity contribution in [3.8, 4) is 0 Å². The minimum atomic E-state index is -0.487. The Morgan fingerprint density at radius 2 is 2.05 bits per heavy atom. The summed E-state index contributed by atoms with van der Waals surface area (Å²) in [6.07, 6.45) is 0. The zero-order valence-corrected chi connectivity index (χ0v) is 11.7. The van der Waals surface area contributed by atoms with Crippen molar-refractivity contribution < 1.29 is 4.92 Å². The van der Waals surface area contributed by atoms with Gasteiger partial charge in [0.05, 0.1) is 17.1 Å². The lowest BCUT2D eigenvalue weighted by Gasteiger charge is -2.13. The first-order chi connectivity index (χ1) is 9.56. The normalized spacial score (nSPS) is 11.9. The van der Waals surface area contributed by atoms with E-state index in [1.807, 2.05) is 30.3 Å². The van der Waals surface area contributed by atoms with Crippen LogP contribution in [-0.4, -0.2) is 16.5 Å². The van der Waals surface area contributed by atoms with Crippen LogP contribution in [0.25, 0.3) is 0 Å². The quantitative estimate of drug-likeness (QED) is 0.516. The van der Waals surface area contributed by atoms with E-state index in [-0.39, 0.29) is 16.8 Å². The van der Waals surface area contributed by atoms with Crippen LogP contribution < -0.4 is 5.32 Å². The van der Waals surface area contributed by atoms with E-state index in [1.165, 1.54) is 17.7 Å². The Morgan fingerprint density at radius 1 is 1.35 bits per heavy atom. The van der Waals surface area contributed by atoms with E-state index in [4.69, 9.17) is 11.6 Å². The molecule has 1 heterocycles. The van der Waals surface area contributed by atoms with E-state index in [2.05, 4.69) is 17.2 Å². The van der Waals surface area contributed by atoms with E-state index in [0.717, 1.165) is 0 Å². The molecule has 0 aliphatic carbocycles. The lowest BCUT2D eigenvalue weighted by atomic mass is 10.0. The van der Waals surface area contributed by atoms with Gasteiger partial charge in [-0.2, -0.15) is 0 Å². The maximum absolute atomic E-state index is 10.8. The number of nitrogens with one attached hydrogen (secondary N) is 1. The van der Waals surface area contributed by atoms with Gasteiger partial charge in [0, 0.05) is 6.54 Å². The number of anilines is 1. The van der Waals surface area contributed by atoms with Crippen molar-refractivity contribution in [1.82, 2.24) is 4.98 Å². The molecule has 0 spiro atoms. The fourth-order valence-electron chi connectivity index (χ4n) is 1.84. The molecular weight excluding hydrogens is 278 g/mol. The van der Waals surface area contributed by atoms with Gasteiger partial charge in [-0.15, -0.1) is 0 Å². The molecule has 0 bridgehead atoms. The second-order valence-electron chi connectivity index (χ2n) is 4.48. The molecule has 1 aromatic heterocycles. The minimum Gasteiger partial charge on any atom is -0.369 e. The zero-order chi connectivity index (χ0) is 14.5. The summed E-state index contributed by atoms with van der Waals surface area (Å²) in [6, 6.07) is 12.6. The van der Waals surface area contributed by atoms with Crippen LogP contribution in [0.15, 0.2) is 42.5 Å². The number of pyridine rings is 1. The second kappa shape index (κ2) is 6.34. The highest BCUT2D eigenvalue weighted by Gasteiger charge is 2.11. The van der Waals surface area contributed by atoms with Crippen LogP contribution in [0.4, 0.5) is 11.5 Å². The minimum absolute atomic E-state index is 0.0696. The van der Waals surface area contributed by atoms with Crippen molar-refractivity contribution in [2.75, 3.05) is 11.9 Å². The number of nitro groups is 1. The van der Waals surface area contributed by atoms with Crippen molar-refractivity contribution in [3.63, 3.8) is 0 Å². The van der Waals surface area contributed by atoms with Crippen LogP contribution in [0.2, 0.25) is 5.15 Å². The molecule has 5 nitrogen and oxygen atoms in total. The van der Waals surface area contributed by atoms with Gasteiger partial charge in [-0.25, -0.2) is 4.98 Å². The molecule has 2 aromatic rings. The summed E-state index contributed by atoms with van der Waals surface area (Å²) in [4.78, 5) is 14.3. The summed E-state index contributed by atoms with van der Waals surface area (Å²) in [7, 11) is 0. The Balaban J connectivity index is 2.06. The fourth-order valence-corrected chi connectivity index (χ4v) is 2.04. The Kier molecular flexibility index (Phi) is 4.53. The number of nitrogens with zero attached hydrogens (tertiary/aromatic N) is 2. The number of benzene rings is 1. The van der Waals surface area contributed by atoms with Crippen molar-refractivity contribution in [2.24, 2.45) is 0 Å². The highest BCUT2D eigenvalue weighted by atomic mass is 35.5. The van der Waals surface area contributed by atoms with Gasteiger partial charge in [-0.05, 0) is 11.5 Å². The molecule has 1 atom stereocenters. The highest BCUT2D eigenvalue weighted by molar-refractivity contribution is 6.29. The summed E-state index contributed by atoms with van der Waals surface area (Å²) in [6.45, 7) is 2.69. The fraction of sp³-hybridized carbons (Fsp3) is 0.214. The second-order valence-corrected chi connectivity index (χ2v) is 4.87. The van der Waals surface area contributed by atoms with Crippen LogP contribution >= 0.6 is 11.6 Å². The summed E-state index contributed by atoms with van der Waals surface area (Å²) in [5, 5.41) is 13.9. The van der Waals surface area contributed by atoms with Gasteiger partial charge in [-0.1, -0.05) is 48.9 Å². The topological polar surface area (TPSA) is 68.1 Å². The average molecular weight is 292 g/mol. The van der Waals surface area contributed by atoms with Crippen molar-refractivity contribution >= 4 is 23.1 Å². The van der Waals surface area contributed by atoms with Gasteiger partial charge in [0.15, 0.2) is 0 Å². The van der Waals surface area contributed by atoms with Gasteiger partial charge in [-0.3, -0.25) is 10.1 Å². The molecule has 1 aromatic carbocycles. The predicted molar refractivity (Wildman–Crippen MR) is 79.2 cm³/mol. The van der Waals surface area contributed by atoms with Crippen LogP contribution in [0.5, 0.6) is 0 Å². The molecule has 0 aliphatic heterocycles. The van der Waals surface area contributed by atoms with Crippen LogP contribution in [0.3, 0.4) is 0 Å². The molecule has 20 heavy (non-hydrogen) atoms. The molecule has 104 valence electrons. The van der Waals surface area contributed by atoms with Crippen LogP contribution in [0, 0.1) is 10.1 Å². The summed E-state index contributed by atoms with van der Waals surface area (Å²) in [5.41, 5.74) is 1.12. The Hall–Kier alpha value is -2.14. The molecule has 6 heteroatoms. The van der Waals surface area contributed by atoms with E-state index in [9.17, 15) is 10.1 Å². The standard InChI is InChI=1S/C14H14ClN3O2/c1-10(11-5-3-2-4-6-11)9-16-14-8-12(18(19)20)7-13(15)17-14/h2-8,10H,9H2,1H3,(H,16,17). The zero-order valence-electron chi connectivity index (χ0n) is 10.9. The Morgan fingerprint density at radius 3 is 2.70 bits per heavy atom. The largest absolute Gasteiger partial charge is 0.369 e. The molecule has 2 rings (SSSR count). The maximum Gasteiger partial charge on any atom is 0.276 e. The van der Waals surface area contributed by atoms with Gasteiger partial charge in [0.25, 0.3) is 5.69 Å². The smallest absolute Gasteiger partial charge is 0.276 e. The molecule has 0 saturated carbocycles. The van der Waals surface area contributed by atoms with Crippen LogP contribution in [-0.2, 0) is 0 Å². The number of hydrogen-bond acceptors (Lipinski definition) is 4. The molecule has 0 aliphatic rings. The van der Waals surface area contributed by atoms with Crippen LogP contribution in [0.1, 0.15) is 18.4 Å². The summed E-state index contributed by atoms with van der Waals surface area (Å²) in [5.74, 6) is 0.669. The molecule has 0 amide bonds. The monoisotopic (exact) mass is 291 g/mol.